The van der Waals surface area contributed by atoms with Gasteiger partial charge >= 0.3 is 0 Å². The molecule has 0 saturated heterocycles. The van der Waals surface area contributed by atoms with Crippen molar-refractivity contribution >= 4 is 28.9 Å². The van der Waals surface area contributed by atoms with E-state index in [9.17, 15) is 10.2 Å². The van der Waals surface area contributed by atoms with Crippen LogP contribution in [0.2, 0.25) is 5.15 Å². The summed E-state index contributed by atoms with van der Waals surface area (Å²) in [6.07, 6.45) is -0.411. The number of halogens is 2. The largest absolute Gasteiger partial charge is 0.398 e. The Bertz CT molecular complexity index is 336. The molecule has 1 rings (SSSR count). The summed E-state index contributed by atoms with van der Waals surface area (Å²) in [5.74, 6) is 0.263. The van der Waals surface area contributed by atoms with Gasteiger partial charge in [-0.05, 0) is 12.5 Å². The first-order valence-corrected chi connectivity index (χ1v) is 5.30. The third-order valence-electron chi connectivity index (χ3n) is 2.02. The molecule has 1 heterocycles. The first-order valence-electron chi connectivity index (χ1n) is 4.39. The number of rotatable bonds is 4. The first kappa shape index (κ1) is 12.5. The maximum absolute atomic E-state index is 9.72. The van der Waals surface area contributed by atoms with Crippen molar-refractivity contribution in [1.82, 2.24) is 4.98 Å². The van der Waals surface area contributed by atoms with Crippen LogP contribution in [0.15, 0.2) is 12.3 Å². The van der Waals surface area contributed by atoms with Crippen molar-refractivity contribution in [3.63, 3.8) is 0 Å². The Hall–Kier alpha value is -0.550. The fraction of sp³-hybridized carbons (Fsp3) is 0.444. The molecule has 0 aliphatic carbocycles. The Morgan fingerprint density at radius 2 is 2.13 bits per heavy atom. The van der Waals surface area contributed by atoms with E-state index in [1.54, 1.807) is 0 Å². The van der Waals surface area contributed by atoms with Crippen molar-refractivity contribution in [2.24, 2.45) is 0 Å². The maximum atomic E-state index is 9.72. The lowest BCUT2D eigenvalue weighted by molar-refractivity contribution is 0.0172. The van der Waals surface area contributed by atoms with Gasteiger partial charge < -0.3 is 15.9 Å². The number of aromatic nitrogens is 1. The first-order chi connectivity index (χ1) is 7.06. The summed E-state index contributed by atoms with van der Waals surface area (Å²) in [4.78, 5) is 3.78. The molecule has 4 nitrogen and oxygen atoms in total. The molecule has 0 fully saturated rings. The van der Waals surface area contributed by atoms with Crippen LogP contribution < -0.4 is 5.73 Å². The van der Waals surface area contributed by atoms with E-state index in [0.29, 0.717) is 11.3 Å². The van der Waals surface area contributed by atoms with E-state index < -0.39 is 12.2 Å². The van der Waals surface area contributed by atoms with Gasteiger partial charge in [0.05, 0.1) is 6.10 Å². The summed E-state index contributed by atoms with van der Waals surface area (Å²) in [5.41, 5.74) is 6.29. The number of pyridine rings is 1. The molecule has 0 aliphatic rings. The van der Waals surface area contributed by atoms with Crippen LogP contribution in [-0.4, -0.2) is 27.2 Å². The molecule has 6 heteroatoms. The topological polar surface area (TPSA) is 79.4 Å². The number of anilines is 1. The van der Waals surface area contributed by atoms with Gasteiger partial charge in [0, 0.05) is 23.3 Å². The number of hydrogen-bond acceptors (Lipinski definition) is 4. The van der Waals surface area contributed by atoms with E-state index in [2.05, 4.69) is 4.98 Å². The van der Waals surface area contributed by atoms with Crippen LogP contribution in [0.3, 0.4) is 0 Å². The molecule has 0 radical (unpaired) electrons. The molecular formula is C9H12Cl2N2O2. The minimum absolute atomic E-state index is 0.246. The lowest BCUT2D eigenvalue weighted by atomic mass is 10.0. The van der Waals surface area contributed by atoms with Crippen molar-refractivity contribution in [1.29, 1.82) is 0 Å². The Balaban J connectivity index is 2.86. The average Bonchev–Trinajstić information content (AvgIpc) is 2.17. The van der Waals surface area contributed by atoms with E-state index >= 15 is 0 Å². The Labute approximate surface area is 97.6 Å². The molecule has 2 atom stereocenters. The average molecular weight is 251 g/mol. The lowest BCUT2D eigenvalue weighted by Gasteiger charge is -2.18. The standard InChI is InChI=1S/C9H12Cl2N2O2/c10-2-1-7(14)9(15)5-4-13-8(11)3-6(5)12/h3-4,7,9,14-15H,1-2H2,(H2,12,13). The summed E-state index contributed by atoms with van der Waals surface area (Å²) in [6, 6.07) is 1.42. The Morgan fingerprint density at radius 3 is 2.67 bits per heavy atom. The predicted octanol–water partition coefficient (Wildman–Crippen LogP) is 1.34. The molecule has 1 aromatic rings. The number of aliphatic hydroxyl groups is 2. The number of alkyl halides is 1. The van der Waals surface area contributed by atoms with Gasteiger partial charge in [-0.15, -0.1) is 11.6 Å². The second kappa shape index (κ2) is 5.51. The van der Waals surface area contributed by atoms with Gasteiger partial charge in [-0.25, -0.2) is 4.98 Å². The van der Waals surface area contributed by atoms with Crippen molar-refractivity contribution in [3.8, 4) is 0 Å². The third-order valence-corrected chi connectivity index (χ3v) is 2.45. The zero-order chi connectivity index (χ0) is 11.4. The van der Waals surface area contributed by atoms with Gasteiger partial charge in [-0.2, -0.15) is 0 Å². The third kappa shape index (κ3) is 3.21. The second-order valence-corrected chi connectivity index (χ2v) is 3.89. The zero-order valence-corrected chi connectivity index (χ0v) is 9.41. The lowest BCUT2D eigenvalue weighted by Crippen LogP contribution is -2.20. The summed E-state index contributed by atoms with van der Waals surface area (Å²) < 4.78 is 0. The zero-order valence-electron chi connectivity index (χ0n) is 7.90. The Morgan fingerprint density at radius 1 is 1.47 bits per heavy atom. The Kier molecular flexibility index (Phi) is 4.60. The van der Waals surface area contributed by atoms with Gasteiger partial charge in [0.15, 0.2) is 0 Å². The highest BCUT2D eigenvalue weighted by atomic mass is 35.5. The van der Waals surface area contributed by atoms with Crippen LogP contribution in [0.1, 0.15) is 18.1 Å². The van der Waals surface area contributed by atoms with Crippen molar-refractivity contribution in [2.75, 3.05) is 11.6 Å². The van der Waals surface area contributed by atoms with Crippen molar-refractivity contribution < 1.29 is 10.2 Å². The van der Waals surface area contributed by atoms with E-state index in [-0.39, 0.29) is 17.5 Å². The molecule has 84 valence electrons. The van der Waals surface area contributed by atoms with Crippen LogP contribution in [0.5, 0.6) is 0 Å². The van der Waals surface area contributed by atoms with Crippen molar-refractivity contribution in [3.05, 3.63) is 23.0 Å². The van der Waals surface area contributed by atoms with Gasteiger partial charge in [-0.1, -0.05) is 11.6 Å². The highest BCUT2D eigenvalue weighted by molar-refractivity contribution is 6.29. The molecule has 0 amide bonds. The van der Waals surface area contributed by atoms with Crippen LogP contribution in [0.25, 0.3) is 0 Å². The minimum Gasteiger partial charge on any atom is -0.398 e. The summed E-state index contributed by atoms with van der Waals surface area (Å²) >= 11 is 11.1. The monoisotopic (exact) mass is 250 g/mol. The fourth-order valence-electron chi connectivity index (χ4n) is 1.18. The number of nitrogens with zero attached hydrogens (tertiary/aromatic N) is 1. The number of hydrogen-bond donors (Lipinski definition) is 3. The van der Waals surface area contributed by atoms with Crippen LogP contribution in [-0.2, 0) is 0 Å². The van der Waals surface area contributed by atoms with Gasteiger partial charge in [0.25, 0.3) is 0 Å². The molecule has 0 bridgehead atoms. The quantitative estimate of drug-likeness (QED) is 0.557. The molecule has 1 aromatic heterocycles. The SMILES string of the molecule is Nc1cc(Cl)ncc1C(O)C(O)CCCl. The van der Waals surface area contributed by atoms with Crippen molar-refractivity contribution in [2.45, 2.75) is 18.6 Å². The summed E-state index contributed by atoms with van der Waals surface area (Å²) in [7, 11) is 0. The summed E-state index contributed by atoms with van der Waals surface area (Å²) in [6.45, 7) is 0. The van der Waals surface area contributed by atoms with E-state index in [1.165, 1.54) is 12.3 Å². The minimum atomic E-state index is -1.09. The molecule has 0 saturated carbocycles. The van der Waals surface area contributed by atoms with Gasteiger partial charge in [0.2, 0.25) is 0 Å². The molecule has 15 heavy (non-hydrogen) atoms. The van der Waals surface area contributed by atoms with Crippen LogP contribution in [0, 0.1) is 0 Å². The summed E-state index contributed by atoms with van der Waals surface area (Å²) in [5, 5.41) is 19.5. The molecule has 0 spiro atoms. The highest BCUT2D eigenvalue weighted by Gasteiger charge is 2.20. The fourth-order valence-corrected chi connectivity index (χ4v) is 1.57. The molecule has 0 aliphatic heterocycles. The number of nitrogens with two attached hydrogens (primary N) is 1. The normalized spacial score (nSPS) is 14.9. The second-order valence-electron chi connectivity index (χ2n) is 3.13. The smallest absolute Gasteiger partial charge is 0.131 e. The van der Waals surface area contributed by atoms with Gasteiger partial charge in [-0.3, -0.25) is 0 Å². The van der Waals surface area contributed by atoms with E-state index in [4.69, 9.17) is 28.9 Å². The van der Waals surface area contributed by atoms with E-state index in [1.807, 2.05) is 0 Å². The number of aliphatic hydroxyl groups excluding tert-OH is 2. The van der Waals surface area contributed by atoms with Gasteiger partial charge in [0.1, 0.15) is 11.3 Å². The molecule has 4 N–H and O–H groups in total. The van der Waals surface area contributed by atoms with Crippen LogP contribution in [0.4, 0.5) is 5.69 Å². The number of nitrogen functional groups attached to an aromatic ring is 1. The van der Waals surface area contributed by atoms with Crippen LogP contribution >= 0.6 is 23.2 Å². The maximum Gasteiger partial charge on any atom is 0.131 e. The predicted molar refractivity (Wildman–Crippen MR) is 60.0 cm³/mol. The molecule has 0 aromatic carbocycles. The molecule has 2 unspecified atom stereocenters. The van der Waals surface area contributed by atoms with E-state index in [0.717, 1.165) is 0 Å². The molecular weight excluding hydrogens is 239 g/mol. The highest BCUT2D eigenvalue weighted by Crippen LogP contribution is 2.25.